The van der Waals surface area contributed by atoms with E-state index in [-0.39, 0.29) is 11.5 Å². The molecule has 1 atom stereocenters. The summed E-state index contributed by atoms with van der Waals surface area (Å²) >= 11 is 0. The molecule has 120 valence electrons. The standard InChI is InChI=1S/C15H20N2O4S/c1-15(2,3)21-14(18)17-22(19,10-9-16)11-12-5-7-13(20-4)8-6-12/h5-8H,10-11H2,1-4H3. The molecule has 1 amide bonds. The number of nitrogens with zero attached hydrogens (tertiary/aromatic N) is 2. The predicted molar refractivity (Wildman–Crippen MR) is 84.0 cm³/mol. The third kappa shape index (κ3) is 6.14. The summed E-state index contributed by atoms with van der Waals surface area (Å²) in [5, 5.41) is 8.85. The Labute approximate surface area is 131 Å². The van der Waals surface area contributed by atoms with Crippen molar-refractivity contribution in [1.29, 1.82) is 5.26 Å². The van der Waals surface area contributed by atoms with E-state index in [2.05, 4.69) is 4.36 Å². The number of amides is 1. The van der Waals surface area contributed by atoms with Crippen LogP contribution in [-0.2, 0) is 20.2 Å². The van der Waals surface area contributed by atoms with Gasteiger partial charge < -0.3 is 9.47 Å². The van der Waals surface area contributed by atoms with Gasteiger partial charge in [0.2, 0.25) is 0 Å². The maximum atomic E-state index is 12.7. The number of ether oxygens (including phenoxy) is 2. The quantitative estimate of drug-likeness (QED) is 0.849. The van der Waals surface area contributed by atoms with Gasteiger partial charge in [0.25, 0.3) is 0 Å². The van der Waals surface area contributed by atoms with Crippen molar-refractivity contribution < 1.29 is 18.5 Å². The number of rotatable bonds is 4. The molecule has 7 heteroatoms. The molecule has 6 nitrogen and oxygen atoms in total. The van der Waals surface area contributed by atoms with Crippen molar-refractivity contribution in [3.05, 3.63) is 29.8 Å². The van der Waals surface area contributed by atoms with E-state index in [4.69, 9.17) is 14.7 Å². The Morgan fingerprint density at radius 3 is 2.36 bits per heavy atom. The monoisotopic (exact) mass is 324 g/mol. The summed E-state index contributed by atoms with van der Waals surface area (Å²) in [6.45, 7) is 5.07. The molecule has 0 spiro atoms. The van der Waals surface area contributed by atoms with E-state index in [9.17, 15) is 9.00 Å². The molecular weight excluding hydrogens is 304 g/mol. The lowest BCUT2D eigenvalue weighted by Crippen LogP contribution is -2.23. The lowest BCUT2D eigenvalue weighted by molar-refractivity contribution is 0.0607. The van der Waals surface area contributed by atoms with E-state index >= 15 is 0 Å². The number of hydrogen-bond donors (Lipinski definition) is 0. The molecule has 0 aromatic heterocycles. The van der Waals surface area contributed by atoms with Crippen molar-refractivity contribution >= 4 is 15.8 Å². The van der Waals surface area contributed by atoms with Crippen LogP contribution in [0.5, 0.6) is 5.75 Å². The lowest BCUT2D eigenvalue weighted by atomic mass is 10.2. The maximum absolute atomic E-state index is 12.7. The van der Waals surface area contributed by atoms with Crippen molar-refractivity contribution in [2.75, 3.05) is 12.9 Å². The average molecular weight is 324 g/mol. The molecule has 0 saturated carbocycles. The van der Waals surface area contributed by atoms with Gasteiger partial charge in [0.1, 0.15) is 17.1 Å². The molecule has 0 saturated heterocycles. The van der Waals surface area contributed by atoms with Crippen molar-refractivity contribution in [3.63, 3.8) is 0 Å². The van der Waals surface area contributed by atoms with Crippen LogP contribution >= 0.6 is 0 Å². The van der Waals surface area contributed by atoms with Crippen LogP contribution in [0.4, 0.5) is 4.79 Å². The first-order valence-corrected chi connectivity index (χ1v) is 8.48. The van der Waals surface area contributed by atoms with Crippen LogP contribution in [-0.4, -0.2) is 28.8 Å². The van der Waals surface area contributed by atoms with E-state index in [1.807, 2.05) is 6.07 Å². The molecule has 0 N–H and O–H groups in total. The molecule has 0 aliphatic carbocycles. The highest BCUT2D eigenvalue weighted by molar-refractivity contribution is 7.93. The molecular formula is C15H20N2O4S. The summed E-state index contributed by atoms with van der Waals surface area (Å²) in [6, 6.07) is 8.70. The van der Waals surface area contributed by atoms with Gasteiger partial charge in [0.05, 0.1) is 28.7 Å². The number of hydrogen-bond acceptors (Lipinski definition) is 5. The molecule has 1 unspecified atom stereocenters. The molecule has 0 heterocycles. The number of benzene rings is 1. The zero-order valence-corrected chi connectivity index (χ0v) is 14.0. The van der Waals surface area contributed by atoms with Gasteiger partial charge in [0.15, 0.2) is 0 Å². The summed E-state index contributed by atoms with van der Waals surface area (Å²) in [4.78, 5) is 11.7. The summed E-state index contributed by atoms with van der Waals surface area (Å²) in [5.74, 6) is 0.335. The fourth-order valence-corrected chi connectivity index (χ4v) is 3.07. The van der Waals surface area contributed by atoms with Crippen LogP contribution in [0.25, 0.3) is 0 Å². The molecule has 0 radical (unpaired) electrons. The van der Waals surface area contributed by atoms with Crippen LogP contribution < -0.4 is 4.74 Å². The minimum Gasteiger partial charge on any atom is -0.497 e. The fourth-order valence-electron chi connectivity index (χ4n) is 1.62. The predicted octanol–water partition coefficient (Wildman–Crippen LogP) is 3.12. The third-order valence-electron chi connectivity index (χ3n) is 2.48. The Bertz CT molecular complexity index is 675. The number of carbonyl (C=O) groups excluding carboxylic acids is 1. The fraction of sp³-hybridized carbons (Fsp3) is 0.467. The molecule has 0 aliphatic heterocycles. The first-order chi connectivity index (χ1) is 10.2. The van der Waals surface area contributed by atoms with Crippen molar-refractivity contribution in [1.82, 2.24) is 0 Å². The van der Waals surface area contributed by atoms with Crippen LogP contribution in [0.3, 0.4) is 0 Å². The van der Waals surface area contributed by atoms with E-state index < -0.39 is 21.4 Å². The van der Waals surface area contributed by atoms with E-state index in [0.29, 0.717) is 11.3 Å². The van der Waals surface area contributed by atoms with Gasteiger partial charge in [-0.1, -0.05) is 12.1 Å². The Morgan fingerprint density at radius 2 is 1.91 bits per heavy atom. The SMILES string of the molecule is COc1ccc(CS(=O)(CC#N)=NC(=O)OC(C)(C)C)cc1. The van der Waals surface area contributed by atoms with Crippen LogP contribution in [0.2, 0.25) is 0 Å². The number of nitriles is 1. The van der Waals surface area contributed by atoms with Gasteiger partial charge in [-0.25, -0.2) is 9.00 Å². The third-order valence-corrected chi connectivity index (χ3v) is 4.32. The molecule has 0 fully saturated rings. The van der Waals surface area contributed by atoms with Crippen molar-refractivity contribution in [2.24, 2.45) is 4.36 Å². The van der Waals surface area contributed by atoms with Gasteiger partial charge >= 0.3 is 6.09 Å². The maximum Gasteiger partial charge on any atom is 0.442 e. The topological polar surface area (TPSA) is 88.8 Å². The second-order valence-electron chi connectivity index (χ2n) is 5.64. The van der Waals surface area contributed by atoms with Crippen LogP contribution in [0.15, 0.2) is 28.6 Å². The first kappa shape index (κ1) is 18.0. The van der Waals surface area contributed by atoms with E-state index in [1.165, 1.54) is 0 Å². The Morgan fingerprint density at radius 1 is 1.32 bits per heavy atom. The number of methoxy groups -OCH3 is 1. The molecule has 1 rings (SSSR count). The molecule has 1 aromatic carbocycles. The summed E-state index contributed by atoms with van der Waals surface area (Å²) in [5.41, 5.74) is -0.0263. The molecule has 22 heavy (non-hydrogen) atoms. The van der Waals surface area contributed by atoms with Gasteiger partial charge in [-0.2, -0.15) is 5.26 Å². The lowest BCUT2D eigenvalue weighted by Gasteiger charge is -2.17. The van der Waals surface area contributed by atoms with E-state index in [1.54, 1.807) is 52.1 Å². The van der Waals surface area contributed by atoms with Gasteiger partial charge in [-0.15, -0.1) is 4.36 Å². The minimum absolute atomic E-state index is 0.00377. The average Bonchev–Trinajstić information content (AvgIpc) is 2.37. The normalized spacial score (nSPS) is 13.6. The highest BCUT2D eigenvalue weighted by atomic mass is 32.2. The van der Waals surface area contributed by atoms with Gasteiger partial charge in [-0.3, -0.25) is 0 Å². The Kier molecular flexibility index (Phi) is 5.94. The summed E-state index contributed by atoms with van der Waals surface area (Å²) in [7, 11) is -1.49. The molecule has 1 aromatic rings. The van der Waals surface area contributed by atoms with Crippen LogP contribution in [0.1, 0.15) is 26.3 Å². The Hall–Kier alpha value is -2.07. The first-order valence-electron chi connectivity index (χ1n) is 6.63. The largest absolute Gasteiger partial charge is 0.497 e. The highest BCUT2D eigenvalue weighted by Crippen LogP contribution is 2.16. The smallest absolute Gasteiger partial charge is 0.442 e. The second kappa shape index (κ2) is 7.27. The zero-order valence-electron chi connectivity index (χ0n) is 13.2. The van der Waals surface area contributed by atoms with Crippen LogP contribution in [0, 0.1) is 11.3 Å². The summed E-state index contributed by atoms with van der Waals surface area (Å²) < 4.78 is 26.4. The van der Waals surface area contributed by atoms with Crippen molar-refractivity contribution in [3.8, 4) is 11.8 Å². The highest BCUT2D eigenvalue weighted by Gasteiger charge is 2.19. The van der Waals surface area contributed by atoms with E-state index in [0.717, 1.165) is 0 Å². The zero-order chi connectivity index (χ0) is 16.8. The second-order valence-corrected chi connectivity index (χ2v) is 7.94. The Balaban J connectivity index is 3.02. The number of carbonyl (C=O) groups is 1. The molecule has 0 aliphatic rings. The van der Waals surface area contributed by atoms with Gasteiger partial charge in [-0.05, 0) is 38.5 Å². The van der Waals surface area contributed by atoms with Crippen molar-refractivity contribution in [2.45, 2.75) is 32.1 Å². The molecule has 0 bridgehead atoms. The summed E-state index contributed by atoms with van der Waals surface area (Å²) in [6.07, 6.45) is -0.915. The van der Waals surface area contributed by atoms with Gasteiger partial charge in [0, 0.05) is 0 Å². The minimum atomic E-state index is -3.03.